The maximum atomic E-state index is 4.28. The summed E-state index contributed by atoms with van der Waals surface area (Å²) in [5.74, 6) is 2.45. The first-order chi connectivity index (χ1) is 9.88. The average Bonchev–Trinajstić information content (AvgIpc) is 2.92. The Morgan fingerprint density at radius 3 is 3.15 bits per heavy atom. The summed E-state index contributed by atoms with van der Waals surface area (Å²) >= 11 is 4.04. The molecule has 0 amide bonds. The van der Waals surface area contributed by atoms with Gasteiger partial charge in [-0.15, -0.1) is 11.3 Å². The minimum Gasteiger partial charge on any atom is -0.306 e. The number of aryl methyl sites for hydroxylation is 1. The van der Waals surface area contributed by atoms with Crippen LogP contribution in [0.25, 0.3) is 0 Å². The molecule has 4 heteroatoms. The minimum absolute atomic E-state index is 0.296. The topological polar surface area (TPSA) is 24.9 Å². The number of fused-ring (bicyclic) bond motifs is 1. The molecular formula is C16H20N2S2. The Bertz CT molecular complexity index is 527. The smallest absolute Gasteiger partial charge is 0.0686 e. The van der Waals surface area contributed by atoms with E-state index in [9.17, 15) is 0 Å². The quantitative estimate of drug-likeness (QED) is 0.903. The molecule has 0 radical (unpaired) electrons. The first-order valence-electron chi connectivity index (χ1n) is 7.21. The number of thiophene rings is 1. The second-order valence-corrected chi connectivity index (χ2v) is 7.35. The van der Waals surface area contributed by atoms with E-state index in [0.717, 1.165) is 13.0 Å². The highest BCUT2D eigenvalue weighted by Gasteiger charge is 2.20. The zero-order chi connectivity index (χ0) is 13.8. The maximum absolute atomic E-state index is 4.28. The maximum Gasteiger partial charge on any atom is 0.0686 e. The Kier molecular flexibility index (Phi) is 4.76. The van der Waals surface area contributed by atoms with Gasteiger partial charge in [-0.25, -0.2) is 0 Å². The predicted octanol–water partition coefficient (Wildman–Crippen LogP) is 4.02. The molecule has 2 aromatic heterocycles. The fourth-order valence-corrected chi connectivity index (χ4v) is 5.01. The van der Waals surface area contributed by atoms with Crippen molar-refractivity contribution in [3.8, 4) is 0 Å². The van der Waals surface area contributed by atoms with Crippen molar-refractivity contribution in [3.05, 3.63) is 51.5 Å². The predicted molar refractivity (Wildman–Crippen MR) is 88.6 cm³/mol. The van der Waals surface area contributed by atoms with Crippen LogP contribution in [0.4, 0.5) is 0 Å². The van der Waals surface area contributed by atoms with Crippen LogP contribution in [0.5, 0.6) is 0 Å². The highest BCUT2D eigenvalue weighted by atomic mass is 32.2. The van der Waals surface area contributed by atoms with Gasteiger partial charge in [-0.1, -0.05) is 13.0 Å². The lowest BCUT2D eigenvalue weighted by atomic mass is 10.1. The van der Waals surface area contributed by atoms with E-state index in [4.69, 9.17) is 0 Å². The van der Waals surface area contributed by atoms with Crippen LogP contribution in [0.15, 0.2) is 30.6 Å². The van der Waals surface area contributed by atoms with E-state index in [0.29, 0.717) is 6.04 Å². The molecule has 2 nitrogen and oxygen atoms in total. The molecule has 0 spiro atoms. The van der Waals surface area contributed by atoms with Crippen molar-refractivity contribution in [1.29, 1.82) is 0 Å². The first kappa shape index (κ1) is 14.1. The highest BCUT2D eigenvalue weighted by Crippen LogP contribution is 2.36. The van der Waals surface area contributed by atoms with E-state index < -0.39 is 0 Å². The number of hydrogen-bond donors (Lipinski definition) is 1. The third-order valence-electron chi connectivity index (χ3n) is 3.55. The van der Waals surface area contributed by atoms with E-state index in [1.807, 2.05) is 29.8 Å². The van der Waals surface area contributed by atoms with Crippen molar-refractivity contribution in [1.82, 2.24) is 10.3 Å². The molecule has 0 bridgehead atoms. The Morgan fingerprint density at radius 1 is 1.45 bits per heavy atom. The van der Waals surface area contributed by atoms with Crippen LogP contribution in [-0.4, -0.2) is 17.3 Å². The lowest BCUT2D eigenvalue weighted by Gasteiger charge is -2.17. The Hall–Kier alpha value is -0.840. The molecule has 20 heavy (non-hydrogen) atoms. The third kappa shape index (κ3) is 3.08. The van der Waals surface area contributed by atoms with Gasteiger partial charge in [-0.05, 0) is 48.4 Å². The van der Waals surface area contributed by atoms with Crippen molar-refractivity contribution in [2.45, 2.75) is 31.6 Å². The number of nitrogens with zero attached hydrogens (tertiary/aromatic N) is 1. The molecule has 1 unspecified atom stereocenters. The van der Waals surface area contributed by atoms with Gasteiger partial charge >= 0.3 is 0 Å². The van der Waals surface area contributed by atoms with Crippen molar-refractivity contribution in [2.24, 2.45) is 0 Å². The first-order valence-corrected chi connectivity index (χ1v) is 9.18. The summed E-state index contributed by atoms with van der Waals surface area (Å²) in [5, 5.41) is 3.67. The van der Waals surface area contributed by atoms with Crippen molar-refractivity contribution in [3.63, 3.8) is 0 Å². The number of pyridine rings is 1. The molecule has 106 valence electrons. The van der Waals surface area contributed by atoms with Crippen LogP contribution < -0.4 is 5.32 Å². The number of thioether (sulfide) groups is 1. The summed E-state index contributed by atoms with van der Waals surface area (Å²) < 4.78 is 0. The molecule has 0 aromatic carbocycles. The number of aromatic nitrogens is 1. The zero-order valence-corrected chi connectivity index (χ0v) is 13.4. The Morgan fingerprint density at radius 2 is 2.40 bits per heavy atom. The molecule has 1 aliphatic rings. The van der Waals surface area contributed by atoms with Crippen molar-refractivity contribution < 1.29 is 0 Å². The van der Waals surface area contributed by atoms with Gasteiger partial charge in [0.25, 0.3) is 0 Å². The van der Waals surface area contributed by atoms with Crippen LogP contribution in [0, 0.1) is 0 Å². The molecule has 3 rings (SSSR count). The molecular weight excluding hydrogens is 284 g/mol. The fraction of sp³-hybridized carbons (Fsp3) is 0.438. The van der Waals surface area contributed by atoms with E-state index in [1.54, 1.807) is 10.4 Å². The number of hydrogen-bond acceptors (Lipinski definition) is 4. The van der Waals surface area contributed by atoms with Gasteiger partial charge in [0.15, 0.2) is 0 Å². The second kappa shape index (κ2) is 6.74. The van der Waals surface area contributed by atoms with Gasteiger partial charge < -0.3 is 5.32 Å². The largest absolute Gasteiger partial charge is 0.306 e. The molecule has 3 heterocycles. The van der Waals surface area contributed by atoms with Gasteiger partial charge in [0.2, 0.25) is 0 Å². The van der Waals surface area contributed by atoms with Gasteiger partial charge in [0, 0.05) is 27.9 Å². The molecule has 0 saturated heterocycles. The number of nitrogens with one attached hydrogen (secondary N) is 1. The lowest BCUT2D eigenvalue weighted by Crippen LogP contribution is -2.22. The molecule has 1 atom stereocenters. The minimum atomic E-state index is 0.296. The van der Waals surface area contributed by atoms with E-state index in [1.165, 1.54) is 28.4 Å². The molecule has 0 aliphatic carbocycles. The van der Waals surface area contributed by atoms with Gasteiger partial charge in [0.05, 0.1) is 6.04 Å². The van der Waals surface area contributed by atoms with Crippen LogP contribution in [-0.2, 0) is 12.2 Å². The Balaban J connectivity index is 1.90. The molecule has 1 N–H and O–H groups in total. The van der Waals surface area contributed by atoms with Crippen molar-refractivity contribution >= 4 is 23.1 Å². The summed E-state index contributed by atoms with van der Waals surface area (Å²) in [5.41, 5.74) is 2.82. The SMILES string of the molecule is CCCNC(c1cccnc1)c1cc2c(s1)CCSC2. The van der Waals surface area contributed by atoms with E-state index in [2.05, 4.69) is 41.1 Å². The van der Waals surface area contributed by atoms with E-state index >= 15 is 0 Å². The third-order valence-corrected chi connectivity index (χ3v) is 5.86. The second-order valence-electron chi connectivity index (χ2n) is 5.07. The number of rotatable bonds is 5. The summed E-state index contributed by atoms with van der Waals surface area (Å²) in [6, 6.07) is 6.91. The summed E-state index contributed by atoms with van der Waals surface area (Å²) in [6.45, 7) is 3.25. The van der Waals surface area contributed by atoms with Crippen LogP contribution in [0.3, 0.4) is 0 Å². The van der Waals surface area contributed by atoms with Crippen LogP contribution in [0.1, 0.15) is 40.3 Å². The molecule has 1 aliphatic heterocycles. The molecule has 0 saturated carbocycles. The molecule has 0 fully saturated rings. The van der Waals surface area contributed by atoms with E-state index in [-0.39, 0.29) is 0 Å². The summed E-state index contributed by atoms with van der Waals surface area (Å²) in [6.07, 6.45) is 6.22. The lowest BCUT2D eigenvalue weighted by molar-refractivity contribution is 0.604. The highest BCUT2D eigenvalue weighted by molar-refractivity contribution is 7.98. The van der Waals surface area contributed by atoms with Crippen LogP contribution in [0.2, 0.25) is 0 Å². The Labute approximate surface area is 129 Å². The summed E-state index contributed by atoms with van der Waals surface area (Å²) in [7, 11) is 0. The monoisotopic (exact) mass is 304 g/mol. The molecule has 2 aromatic rings. The normalized spacial score (nSPS) is 15.8. The van der Waals surface area contributed by atoms with Gasteiger partial charge in [-0.3, -0.25) is 4.98 Å². The zero-order valence-electron chi connectivity index (χ0n) is 11.8. The van der Waals surface area contributed by atoms with Crippen LogP contribution >= 0.6 is 23.1 Å². The summed E-state index contributed by atoms with van der Waals surface area (Å²) in [4.78, 5) is 7.31. The van der Waals surface area contributed by atoms with Gasteiger partial charge in [-0.2, -0.15) is 11.8 Å². The van der Waals surface area contributed by atoms with Gasteiger partial charge in [0.1, 0.15) is 0 Å². The average molecular weight is 304 g/mol. The van der Waals surface area contributed by atoms with Crippen molar-refractivity contribution in [2.75, 3.05) is 12.3 Å². The standard InChI is InChI=1S/C16H20N2S2/c1-2-6-18-16(12-4-3-7-17-10-12)15-9-13-11-19-8-5-14(13)20-15/h3-4,7,9-10,16,18H,2,5-6,8,11H2,1H3. The fourth-order valence-electron chi connectivity index (χ4n) is 2.53.